The normalized spacial score (nSPS) is 40.9. The van der Waals surface area contributed by atoms with Crippen LogP contribution in [-0.4, -0.2) is 34.3 Å². The Kier molecular flexibility index (Phi) is 6.43. The number of allylic oxidation sites excluding steroid dienone is 2. The van der Waals surface area contributed by atoms with E-state index in [-0.39, 0.29) is 23.7 Å². The molecule has 2 rings (SSSR count). The smallest absolute Gasteiger partial charge is 0.114 e. The first kappa shape index (κ1) is 19.4. The molecule has 0 unspecified atom stereocenters. The van der Waals surface area contributed by atoms with Gasteiger partial charge in [0.05, 0.1) is 17.8 Å². The van der Waals surface area contributed by atoms with Crippen LogP contribution in [0, 0.1) is 5.92 Å². The van der Waals surface area contributed by atoms with Crippen LogP contribution in [0.4, 0.5) is 0 Å². The van der Waals surface area contributed by atoms with Crippen LogP contribution in [0.1, 0.15) is 59.3 Å². The predicted molar refractivity (Wildman–Crippen MR) is 95.7 cm³/mol. The summed E-state index contributed by atoms with van der Waals surface area (Å²) in [5, 5.41) is 19.7. The van der Waals surface area contributed by atoms with Gasteiger partial charge in [-0.1, -0.05) is 24.8 Å². The third-order valence-electron chi connectivity index (χ3n) is 5.68. The fourth-order valence-corrected chi connectivity index (χ4v) is 3.55. The average molecular weight is 336 g/mol. The molecular weight excluding hydrogens is 304 g/mol. The fraction of sp³-hybridized carbons (Fsp3) is 0.700. The molecule has 4 heteroatoms. The van der Waals surface area contributed by atoms with Gasteiger partial charge in [0.1, 0.15) is 6.10 Å². The summed E-state index contributed by atoms with van der Waals surface area (Å²) in [6.07, 6.45) is 6.03. The van der Waals surface area contributed by atoms with Crippen molar-refractivity contribution in [2.24, 2.45) is 5.92 Å². The minimum Gasteiger partial charge on any atom is -0.389 e. The molecule has 136 valence electrons. The van der Waals surface area contributed by atoms with Crippen molar-refractivity contribution < 1.29 is 20.0 Å². The molecule has 4 nitrogen and oxygen atoms in total. The second-order valence-corrected chi connectivity index (χ2v) is 7.73. The highest BCUT2D eigenvalue weighted by molar-refractivity contribution is 5.13. The van der Waals surface area contributed by atoms with Crippen LogP contribution in [0.15, 0.2) is 36.0 Å². The van der Waals surface area contributed by atoms with Crippen molar-refractivity contribution in [3.63, 3.8) is 0 Å². The lowest BCUT2D eigenvalue weighted by Crippen LogP contribution is -2.22. The van der Waals surface area contributed by atoms with E-state index in [9.17, 15) is 10.4 Å². The molecule has 1 fully saturated rings. The van der Waals surface area contributed by atoms with E-state index in [0.29, 0.717) is 12.8 Å². The molecule has 0 aromatic carbocycles. The number of aliphatic hydroxyl groups is 1. The Labute approximate surface area is 145 Å². The summed E-state index contributed by atoms with van der Waals surface area (Å²) in [5.74, 6) is 0.248. The molecule has 1 aliphatic carbocycles. The average Bonchev–Trinajstić information content (AvgIpc) is 3.16. The van der Waals surface area contributed by atoms with Crippen LogP contribution in [0.25, 0.3) is 0 Å². The quantitative estimate of drug-likeness (QED) is 0.339. The maximum Gasteiger partial charge on any atom is 0.114 e. The summed E-state index contributed by atoms with van der Waals surface area (Å²) in [7, 11) is 0. The van der Waals surface area contributed by atoms with E-state index in [1.165, 1.54) is 0 Å². The predicted octanol–water partition coefficient (Wildman–Crippen LogP) is 4.41. The largest absolute Gasteiger partial charge is 0.389 e. The summed E-state index contributed by atoms with van der Waals surface area (Å²) in [5.41, 5.74) is 2.78. The van der Waals surface area contributed by atoms with Gasteiger partial charge in [0, 0.05) is 0 Å². The van der Waals surface area contributed by atoms with Crippen LogP contribution in [0.5, 0.6) is 0 Å². The Morgan fingerprint density at radius 2 is 2.12 bits per heavy atom. The lowest BCUT2D eigenvalue weighted by Gasteiger charge is -2.22. The molecule has 5 atom stereocenters. The van der Waals surface area contributed by atoms with Crippen molar-refractivity contribution in [2.45, 2.75) is 83.2 Å². The van der Waals surface area contributed by atoms with Crippen molar-refractivity contribution in [1.82, 2.24) is 0 Å². The van der Waals surface area contributed by atoms with E-state index in [0.717, 1.165) is 42.4 Å². The first-order valence-electron chi connectivity index (χ1n) is 8.92. The maximum atomic E-state index is 10.5. The van der Waals surface area contributed by atoms with Gasteiger partial charge in [0.2, 0.25) is 0 Å². The Bertz CT molecular complexity index is 510. The van der Waals surface area contributed by atoms with E-state index in [1.807, 2.05) is 13.8 Å². The van der Waals surface area contributed by atoms with E-state index in [1.54, 1.807) is 0 Å². The first-order chi connectivity index (χ1) is 11.3. The topological polar surface area (TPSA) is 62.2 Å². The third-order valence-corrected chi connectivity index (χ3v) is 5.68. The van der Waals surface area contributed by atoms with E-state index in [4.69, 9.17) is 4.74 Å². The minimum absolute atomic E-state index is 0.172. The number of hydrogen-bond donors (Lipinski definition) is 2. The lowest BCUT2D eigenvalue weighted by molar-refractivity contribution is -0.270. The SMILES string of the molecule is C=C(C)[C@H]1C[C@@H](O)/C(C)=C/CCC(=C)[C@@H](OO)CC[C@@]2(C)O[C@@H]2C1. The number of aliphatic hydroxyl groups excluding tert-OH is 1. The van der Waals surface area contributed by atoms with Gasteiger partial charge in [0.15, 0.2) is 0 Å². The summed E-state index contributed by atoms with van der Waals surface area (Å²) in [4.78, 5) is 4.64. The zero-order valence-electron chi connectivity index (χ0n) is 15.3. The molecule has 24 heavy (non-hydrogen) atoms. The molecule has 0 saturated carbocycles. The van der Waals surface area contributed by atoms with Gasteiger partial charge in [-0.3, -0.25) is 5.26 Å². The Morgan fingerprint density at radius 3 is 2.75 bits per heavy atom. The molecule has 0 amide bonds. The van der Waals surface area contributed by atoms with E-state index in [2.05, 4.69) is 31.0 Å². The Hall–Kier alpha value is -0.940. The number of epoxide rings is 1. The highest BCUT2D eigenvalue weighted by Crippen LogP contribution is 2.46. The molecular formula is C20H32O4. The fourth-order valence-electron chi connectivity index (χ4n) is 3.55. The third kappa shape index (κ3) is 4.79. The van der Waals surface area contributed by atoms with E-state index < -0.39 is 6.10 Å². The molecule has 2 N–H and O–H groups in total. The molecule has 0 aromatic heterocycles. The van der Waals surface area contributed by atoms with Crippen LogP contribution in [-0.2, 0) is 9.62 Å². The molecule has 0 bridgehead atoms. The van der Waals surface area contributed by atoms with Crippen molar-refractivity contribution in [3.8, 4) is 0 Å². The van der Waals surface area contributed by atoms with Gasteiger partial charge < -0.3 is 9.84 Å². The van der Waals surface area contributed by atoms with Crippen molar-refractivity contribution in [2.75, 3.05) is 0 Å². The molecule has 1 aliphatic heterocycles. The molecule has 0 aromatic rings. The Morgan fingerprint density at radius 1 is 1.42 bits per heavy atom. The van der Waals surface area contributed by atoms with Gasteiger partial charge >= 0.3 is 0 Å². The number of rotatable bonds is 2. The molecule has 1 saturated heterocycles. The summed E-state index contributed by atoms with van der Waals surface area (Å²) < 4.78 is 5.95. The summed E-state index contributed by atoms with van der Waals surface area (Å²) in [6, 6.07) is 0. The number of fused-ring (bicyclic) bond motifs is 1. The summed E-state index contributed by atoms with van der Waals surface area (Å²) in [6.45, 7) is 14.2. The van der Waals surface area contributed by atoms with Crippen LogP contribution in [0.2, 0.25) is 0 Å². The first-order valence-corrected chi connectivity index (χ1v) is 8.92. The van der Waals surface area contributed by atoms with Crippen molar-refractivity contribution in [3.05, 3.63) is 36.0 Å². The molecule has 0 radical (unpaired) electrons. The zero-order valence-corrected chi connectivity index (χ0v) is 15.3. The second-order valence-electron chi connectivity index (χ2n) is 7.73. The van der Waals surface area contributed by atoms with Gasteiger partial charge in [-0.25, -0.2) is 4.89 Å². The van der Waals surface area contributed by atoms with Crippen LogP contribution >= 0.6 is 0 Å². The summed E-state index contributed by atoms with van der Waals surface area (Å²) >= 11 is 0. The van der Waals surface area contributed by atoms with Crippen molar-refractivity contribution >= 4 is 0 Å². The standard InChI is InChI=1S/C20H32O4/c1-13(2)16-11-17(21)14(3)7-6-8-15(4)18(24-22)9-10-20(5)19(12-16)23-20/h7,16-19,21-22H,1,4,6,8-12H2,2-3,5H3/b14-7+/t16-,17+,18-,19+,20+/m0/s1. The number of hydrogen-bond acceptors (Lipinski definition) is 4. The van der Waals surface area contributed by atoms with Gasteiger partial charge in [0.25, 0.3) is 0 Å². The van der Waals surface area contributed by atoms with Gasteiger partial charge in [-0.05, 0) is 76.4 Å². The molecule has 0 spiro atoms. The molecule has 1 heterocycles. The number of ether oxygens (including phenoxy) is 1. The lowest BCUT2D eigenvalue weighted by atomic mass is 9.84. The highest BCUT2D eigenvalue weighted by atomic mass is 17.1. The molecule has 2 aliphatic rings. The second kappa shape index (κ2) is 7.96. The monoisotopic (exact) mass is 336 g/mol. The highest BCUT2D eigenvalue weighted by Gasteiger charge is 2.52. The zero-order chi connectivity index (χ0) is 17.9. The maximum absolute atomic E-state index is 10.5. The minimum atomic E-state index is -0.460. The Balaban J connectivity index is 2.15. The van der Waals surface area contributed by atoms with Gasteiger partial charge in [-0.15, -0.1) is 0 Å². The van der Waals surface area contributed by atoms with Crippen molar-refractivity contribution in [1.29, 1.82) is 0 Å². The van der Waals surface area contributed by atoms with Gasteiger partial charge in [-0.2, -0.15) is 0 Å². The van der Waals surface area contributed by atoms with Crippen LogP contribution in [0.3, 0.4) is 0 Å². The van der Waals surface area contributed by atoms with E-state index >= 15 is 0 Å². The van der Waals surface area contributed by atoms with Crippen LogP contribution < -0.4 is 0 Å².